The SMILES string of the molecule is CCC(NC(C)C)C(=O)N1CCCC1c1ccc(OC)c(OC)c1. The lowest BCUT2D eigenvalue weighted by atomic mass is 10.0. The predicted molar refractivity (Wildman–Crippen MR) is 95.6 cm³/mol. The second-order valence-corrected chi connectivity index (χ2v) is 6.59. The van der Waals surface area contributed by atoms with Gasteiger partial charge in [-0.3, -0.25) is 4.79 Å². The molecule has 5 heteroatoms. The molecular weight excluding hydrogens is 304 g/mol. The molecule has 0 bridgehead atoms. The van der Waals surface area contributed by atoms with Crippen molar-refractivity contribution in [3.63, 3.8) is 0 Å². The van der Waals surface area contributed by atoms with Gasteiger partial charge in [-0.15, -0.1) is 0 Å². The Morgan fingerprint density at radius 3 is 2.58 bits per heavy atom. The molecule has 0 saturated carbocycles. The molecule has 2 rings (SSSR count). The number of nitrogens with one attached hydrogen (secondary N) is 1. The first-order valence-electron chi connectivity index (χ1n) is 8.80. The molecule has 2 atom stereocenters. The topological polar surface area (TPSA) is 50.8 Å². The Balaban J connectivity index is 2.22. The first-order valence-corrected chi connectivity index (χ1v) is 8.80. The van der Waals surface area contributed by atoms with Gasteiger partial charge >= 0.3 is 0 Å². The Morgan fingerprint density at radius 1 is 1.29 bits per heavy atom. The first-order chi connectivity index (χ1) is 11.5. The molecule has 5 nitrogen and oxygen atoms in total. The third-order valence-corrected chi connectivity index (χ3v) is 4.57. The molecule has 0 aliphatic carbocycles. The van der Waals surface area contributed by atoms with Crippen molar-refractivity contribution < 1.29 is 14.3 Å². The number of methoxy groups -OCH3 is 2. The number of ether oxygens (including phenoxy) is 2. The zero-order valence-corrected chi connectivity index (χ0v) is 15.5. The Kier molecular flexibility index (Phi) is 6.49. The third-order valence-electron chi connectivity index (χ3n) is 4.57. The largest absolute Gasteiger partial charge is 0.493 e. The molecule has 1 amide bonds. The maximum atomic E-state index is 13.0. The molecule has 1 N–H and O–H groups in total. The molecule has 1 aromatic rings. The van der Waals surface area contributed by atoms with Crippen LogP contribution in [0.4, 0.5) is 0 Å². The van der Waals surface area contributed by atoms with E-state index in [2.05, 4.69) is 26.1 Å². The summed E-state index contributed by atoms with van der Waals surface area (Å²) in [6.07, 6.45) is 2.81. The highest BCUT2D eigenvalue weighted by molar-refractivity contribution is 5.82. The average molecular weight is 334 g/mol. The van der Waals surface area contributed by atoms with Crippen LogP contribution in [0.2, 0.25) is 0 Å². The van der Waals surface area contributed by atoms with E-state index in [0.29, 0.717) is 17.5 Å². The van der Waals surface area contributed by atoms with E-state index < -0.39 is 0 Å². The fraction of sp³-hybridized carbons (Fsp3) is 0.632. The Bertz CT molecular complexity index is 560. The Morgan fingerprint density at radius 2 is 2.00 bits per heavy atom. The van der Waals surface area contributed by atoms with Gasteiger partial charge in [-0.2, -0.15) is 0 Å². The molecule has 1 fully saturated rings. The normalized spacial score (nSPS) is 18.8. The van der Waals surface area contributed by atoms with Crippen LogP contribution < -0.4 is 14.8 Å². The van der Waals surface area contributed by atoms with E-state index in [1.54, 1.807) is 14.2 Å². The molecule has 1 heterocycles. The molecule has 1 saturated heterocycles. The van der Waals surface area contributed by atoms with Crippen LogP contribution in [0, 0.1) is 0 Å². The quantitative estimate of drug-likeness (QED) is 0.832. The summed E-state index contributed by atoms with van der Waals surface area (Å²) in [7, 11) is 3.27. The molecule has 2 unspecified atom stereocenters. The third kappa shape index (κ3) is 4.01. The molecule has 1 aliphatic heterocycles. The second kappa shape index (κ2) is 8.38. The van der Waals surface area contributed by atoms with Crippen molar-refractivity contribution in [1.82, 2.24) is 10.2 Å². The number of carbonyl (C=O) groups excluding carboxylic acids is 1. The van der Waals surface area contributed by atoms with Crippen molar-refractivity contribution in [2.45, 2.75) is 58.2 Å². The van der Waals surface area contributed by atoms with Gasteiger partial charge < -0.3 is 19.7 Å². The van der Waals surface area contributed by atoms with Crippen molar-refractivity contribution in [2.24, 2.45) is 0 Å². The summed E-state index contributed by atoms with van der Waals surface area (Å²) in [6, 6.07) is 6.23. The van der Waals surface area contributed by atoms with Gasteiger partial charge in [0.15, 0.2) is 11.5 Å². The van der Waals surface area contributed by atoms with Crippen molar-refractivity contribution in [3.8, 4) is 11.5 Å². The monoisotopic (exact) mass is 334 g/mol. The van der Waals surface area contributed by atoms with Gasteiger partial charge in [0, 0.05) is 12.6 Å². The van der Waals surface area contributed by atoms with Gasteiger partial charge in [0.05, 0.1) is 26.3 Å². The number of hydrogen-bond donors (Lipinski definition) is 1. The predicted octanol–water partition coefficient (Wildman–Crippen LogP) is 3.14. The molecular formula is C19H30N2O3. The van der Waals surface area contributed by atoms with Crippen molar-refractivity contribution >= 4 is 5.91 Å². The molecule has 24 heavy (non-hydrogen) atoms. The molecule has 134 valence electrons. The van der Waals surface area contributed by atoms with Gasteiger partial charge in [-0.25, -0.2) is 0 Å². The van der Waals surface area contributed by atoms with E-state index in [4.69, 9.17) is 9.47 Å². The number of rotatable bonds is 7. The number of nitrogens with zero attached hydrogens (tertiary/aromatic N) is 1. The summed E-state index contributed by atoms with van der Waals surface area (Å²) in [5, 5.41) is 3.38. The summed E-state index contributed by atoms with van der Waals surface area (Å²) in [5.41, 5.74) is 1.11. The Labute approximate surface area is 145 Å². The highest BCUT2D eigenvalue weighted by Gasteiger charge is 2.33. The minimum absolute atomic E-state index is 0.111. The summed E-state index contributed by atoms with van der Waals surface area (Å²) >= 11 is 0. The van der Waals surface area contributed by atoms with Crippen LogP contribution in [0.5, 0.6) is 11.5 Å². The fourth-order valence-electron chi connectivity index (χ4n) is 3.40. The Hall–Kier alpha value is -1.75. The summed E-state index contributed by atoms with van der Waals surface area (Å²) in [5.74, 6) is 1.62. The number of carbonyl (C=O) groups is 1. The van der Waals surface area contributed by atoms with E-state index in [0.717, 1.165) is 31.4 Å². The number of amides is 1. The molecule has 1 aromatic carbocycles. The zero-order valence-electron chi connectivity index (χ0n) is 15.5. The smallest absolute Gasteiger partial charge is 0.240 e. The van der Waals surface area contributed by atoms with Crippen LogP contribution in [0.25, 0.3) is 0 Å². The van der Waals surface area contributed by atoms with Gasteiger partial charge in [-0.05, 0) is 37.0 Å². The van der Waals surface area contributed by atoms with E-state index >= 15 is 0 Å². The fourth-order valence-corrected chi connectivity index (χ4v) is 3.40. The molecule has 0 aromatic heterocycles. The zero-order chi connectivity index (χ0) is 17.7. The lowest BCUT2D eigenvalue weighted by Crippen LogP contribution is -2.48. The van der Waals surface area contributed by atoms with E-state index in [9.17, 15) is 4.79 Å². The van der Waals surface area contributed by atoms with Crippen molar-refractivity contribution in [3.05, 3.63) is 23.8 Å². The minimum atomic E-state index is -0.120. The minimum Gasteiger partial charge on any atom is -0.493 e. The summed E-state index contributed by atoms with van der Waals surface area (Å²) in [6.45, 7) is 7.02. The molecule has 0 radical (unpaired) electrons. The highest BCUT2D eigenvalue weighted by atomic mass is 16.5. The van der Waals surface area contributed by atoms with Gasteiger partial charge in [0.2, 0.25) is 5.91 Å². The standard InChI is InChI=1S/C19H30N2O3/c1-6-15(20-13(2)3)19(22)21-11-7-8-16(21)14-9-10-17(23-4)18(12-14)24-5/h9-10,12-13,15-16,20H,6-8,11H2,1-5H3. The lowest BCUT2D eigenvalue weighted by Gasteiger charge is -2.30. The van der Waals surface area contributed by atoms with Gasteiger partial charge in [0.25, 0.3) is 0 Å². The lowest BCUT2D eigenvalue weighted by molar-refractivity contribution is -0.134. The van der Waals surface area contributed by atoms with Crippen LogP contribution in [-0.2, 0) is 4.79 Å². The first kappa shape index (κ1) is 18.6. The van der Waals surface area contributed by atoms with Crippen LogP contribution in [0.15, 0.2) is 18.2 Å². The molecule has 0 spiro atoms. The van der Waals surface area contributed by atoms with E-state index in [1.165, 1.54) is 0 Å². The maximum Gasteiger partial charge on any atom is 0.240 e. The summed E-state index contributed by atoms with van der Waals surface area (Å²) < 4.78 is 10.7. The summed E-state index contributed by atoms with van der Waals surface area (Å²) in [4.78, 5) is 15.0. The van der Waals surface area contributed by atoms with Gasteiger partial charge in [-0.1, -0.05) is 26.8 Å². The number of benzene rings is 1. The van der Waals surface area contributed by atoms with Crippen LogP contribution in [0.1, 0.15) is 51.6 Å². The van der Waals surface area contributed by atoms with Gasteiger partial charge in [0.1, 0.15) is 0 Å². The molecule has 1 aliphatic rings. The number of hydrogen-bond acceptors (Lipinski definition) is 4. The van der Waals surface area contributed by atoms with Crippen LogP contribution in [-0.4, -0.2) is 43.7 Å². The van der Waals surface area contributed by atoms with Crippen LogP contribution in [0.3, 0.4) is 0 Å². The average Bonchev–Trinajstić information content (AvgIpc) is 3.07. The van der Waals surface area contributed by atoms with E-state index in [1.807, 2.05) is 23.1 Å². The van der Waals surface area contributed by atoms with Crippen molar-refractivity contribution in [1.29, 1.82) is 0 Å². The maximum absolute atomic E-state index is 13.0. The van der Waals surface area contributed by atoms with Crippen LogP contribution >= 0.6 is 0 Å². The highest BCUT2D eigenvalue weighted by Crippen LogP contribution is 2.37. The van der Waals surface area contributed by atoms with E-state index in [-0.39, 0.29) is 18.0 Å². The number of likely N-dealkylation sites (tertiary alicyclic amines) is 1. The van der Waals surface area contributed by atoms with Crippen molar-refractivity contribution in [2.75, 3.05) is 20.8 Å². The second-order valence-electron chi connectivity index (χ2n) is 6.59.